The van der Waals surface area contributed by atoms with E-state index in [9.17, 15) is 9.18 Å². The molecule has 6 heteroatoms. The zero-order valence-electron chi connectivity index (χ0n) is 9.15. The number of esters is 1. The average Bonchev–Trinajstić information content (AvgIpc) is 3.01. The van der Waals surface area contributed by atoms with Crippen LogP contribution in [0.1, 0.15) is 41.9 Å². The van der Waals surface area contributed by atoms with Gasteiger partial charge < -0.3 is 4.74 Å². The smallest absolute Gasteiger partial charge is 0.360 e. The number of nitrogens with zero attached hydrogens (tertiary/aromatic N) is 3. The van der Waals surface area contributed by atoms with Gasteiger partial charge in [0, 0.05) is 5.92 Å². The molecule has 0 bridgehead atoms. The van der Waals surface area contributed by atoms with E-state index in [-0.39, 0.29) is 12.2 Å². The number of hydrogen-bond donors (Lipinski definition) is 0. The van der Waals surface area contributed by atoms with E-state index in [2.05, 4.69) is 10.3 Å². The Bertz CT molecular complexity index is 387. The van der Waals surface area contributed by atoms with Crippen molar-refractivity contribution in [1.82, 2.24) is 15.0 Å². The lowest BCUT2D eigenvalue weighted by atomic mass is 10.2. The topological polar surface area (TPSA) is 57.0 Å². The number of hydrogen-bond acceptors (Lipinski definition) is 4. The van der Waals surface area contributed by atoms with E-state index >= 15 is 0 Å². The highest BCUT2D eigenvalue weighted by molar-refractivity contribution is 5.88. The number of aryl methyl sites for hydroxylation is 1. The first-order chi connectivity index (χ1) is 7.77. The predicted molar refractivity (Wildman–Crippen MR) is 53.9 cm³/mol. The second-order valence-electron chi connectivity index (χ2n) is 3.73. The first-order valence-corrected chi connectivity index (χ1v) is 5.44. The van der Waals surface area contributed by atoms with E-state index in [0.717, 1.165) is 18.5 Å². The monoisotopic (exact) mass is 227 g/mol. The third-order valence-electron chi connectivity index (χ3n) is 2.50. The molecule has 0 N–H and O–H groups in total. The molecule has 0 amide bonds. The number of aromatic nitrogens is 3. The molecule has 1 aromatic rings. The first-order valence-electron chi connectivity index (χ1n) is 5.44. The molecular weight excluding hydrogens is 213 g/mol. The Hall–Kier alpha value is -1.46. The van der Waals surface area contributed by atoms with Crippen molar-refractivity contribution in [2.24, 2.45) is 0 Å². The summed E-state index contributed by atoms with van der Waals surface area (Å²) in [5.74, 6) is -0.171. The molecule has 0 radical (unpaired) electrons. The van der Waals surface area contributed by atoms with Crippen molar-refractivity contribution < 1.29 is 13.9 Å². The van der Waals surface area contributed by atoms with Gasteiger partial charge in [-0.15, -0.1) is 5.10 Å². The lowest BCUT2D eigenvalue weighted by molar-refractivity contribution is 0.0518. The highest BCUT2D eigenvalue weighted by Gasteiger charge is 2.34. The van der Waals surface area contributed by atoms with E-state index in [1.807, 2.05) is 0 Å². The van der Waals surface area contributed by atoms with Gasteiger partial charge in [0.15, 0.2) is 5.69 Å². The van der Waals surface area contributed by atoms with Gasteiger partial charge in [0.2, 0.25) is 0 Å². The van der Waals surface area contributed by atoms with Gasteiger partial charge in [-0.25, -0.2) is 13.9 Å². The molecule has 0 atom stereocenters. The Morgan fingerprint density at radius 1 is 1.62 bits per heavy atom. The zero-order valence-corrected chi connectivity index (χ0v) is 9.15. The molecule has 1 saturated carbocycles. The second-order valence-corrected chi connectivity index (χ2v) is 3.73. The maximum absolute atomic E-state index is 12.3. The Morgan fingerprint density at radius 2 is 2.38 bits per heavy atom. The minimum Gasteiger partial charge on any atom is -0.461 e. The van der Waals surface area contributed by atoms with Crippen molar-refractivity contribution in [3.63, 3.8) is 0 Å². The third kappa shape index (κ3) is 2.05. The Morgan fingerprint density at radius 3 is 2.94 bits per heavy atom. The molecule has 1 aliphatic rings. The van der Waals surface area contributed by atoms with Gasteiger partial charge in [-0.3, -0.25) is 0 Å². The number of ether oxygens (including phenoxy) is 1. The summed E-state index contributed by atoms with van der Waals surface area (Å²) in [7, 11) is 0. The lowest BCUT2D eigenvalue weighted by Crippen LogP contribution is -2.11. The molecular formula is C10H14FN3O2. The Kier molecular flexibility index (Phi) is 3.17. The molecule has 0 aromatic carbocycles. The molecule has 0 aliphatic heterocycles. The van der Waals surface area contributed by atoms with Gasteiger partial charge in [0.25, 0.3) is 0 Å². The third-order valence-corrected chi connectivity index (χ3v) is 2.50. The minimum absolute atomic E-state index is 0.151. The largest absolute Gasteiger partial charge is 0.461 e. The lowest BCUT2D eigenvalue weighted by Gasteiger charge is -2.04. The van der Waals surface area contributed by atoms with Gasteiger partial charge >= 0.3 is 5.97 Å². The van der Waals surface area contributed by atoms with Crippen LogP contribution in [0.15, 0.2) is 0 Å². The van der Waals surface area contributed by atoms with Gasteiger partial charge in [-0.05, 0) is 19.8 Å². The van der Waals surface area contributed by atoms with Crippen LogP contribution in [0.3, 0.4) is 0 Å². The van der Waals surface area contributed by atoms with Crippen LogP contribution in [0.25, 0.3) is 0 Å². The van der Waals surface area contributed by atoms with E-state index in [1.54, 1.807) is 6.92 Å². The van der Waals surface area contributed by atoms with E-state index in [1.165, 1.54) is 4.68 Å². The number of carbonyl (C=O) groups is 1. The van der Waals surface area contributed by atoms with Crippen LogP contribution in [0.4, 0.5) is 4.39 Å². The van der Waals surface area contributed by atoms with E-state index < -0.39 is 12.6 Å². The van der Waals surface area contributed by atoms with Crippen molar-refractivity contribution in [1.29, 1.82) is 0 Å². The normalized spacial score (nSPS) is 15.1. The van der Waals surface area contributed by atoms with Crippen LogP contribution in [0, 0.1) is 0 Å². The summed E-state index contributed by atoms with van der Waals surface area (Å²) >= 11 is 0. The quantitative estimate of drug-likeness (QED) is 0.711. The molecule has 1 heterocycles. The molecule has 0 spiro atoms. The van der Waals surface area contributed by atoms with Crippen LogP contribution in [0.5, 0.6) is 0 Å². The molecule has 1 aliphatic carbocycles. The van der Waals surface area contributed by atoms with Crippen LogP contribution < -0.4 is 0 Å². The van der Waals surface area contributed by atoms with Crippen molar-refractivity contribution >= 4 is 5.97 Å². The fraction of sp³-hybridized carbons (Fsp3) is 0.700. The first kappa shape index (κ1) is 11.0. The molecule has 1 aromatic heterocycles. The molecule has 0 saturated heterocycles. The molecule has 5 nitrogen and oxygen atoms in total. The predicted octanol–water partition coefficient (Wildman–Crippen LogP) is 1.30. The summed E-state index contributed by atoms with van der Waals surface area (Å²) < 4.78 is 18.7. The Labute approximate surface area is 92.6 Å². The van der Waals surface area contributed by atoms with Crippen molar-refractivity contribution in [3.05, 3.63) is 11.4 Å². The highest BCUT2D eigenvalue weighted by atomic mass is 19.1. The number of rotatable bonds is 5. The van der Waals surface area contributed by atoms with E-state index in [4.69, 9.17) is 4.74 Å². The summed E-state index contributed by atoms with van der Waals surface area (Å²) in [6, 6.07) is 0. The minimum atomic E-state index is -0.509. The maximum atomic E-state index is 12.3. The summed E-state index contributed by atoms with van der Waals surface area (Å²) in [6.45, 7) is 1.68. The average molecular weight is 227 g/mol. The Balaban J connectivity index is 2.26. The van der Waals surface area contributed by atoms with Crippen molar-refractivity contribution in [3.8, 4) is 0 Å². The van der Waals surface area contributed by atoms with Gasteiger partial charge in [0.05, 0.1) is 18.8 Å². The van der Waals surface area contributed by atoms with Crippen LogP contribution in [-0.4, -0.2) is 34.2 Å². The van der Waals surface area contributed by atoms with Crippen molar-refractivity contribution in [2.75, 3.05) is 13.3 Å². The number of alkyl halides is 1. The molecule has 0 unspecified atom stereocenters. The van der Waals surface area contributed by atoms with Crippen LogP contribution >= 0.6 is 0 Å². The SMILES string of the molecule is CCOC(=O)c1nnn(CCF)c1C1CC1. The highest BCUT2D eigenvalue weighted by Crippen LogP contribution is 2.41. The fourth-order valence-corrected chi connectivity index (χ4v) is 1.67. The fourth-order valence-electron chi connectivity index (χ4n) is 1.67. The van der Waals surface area contributed by atoms with Gasteiger partial charge in [-0.1, -0.05) is 5.21 Å². The molecule has 2 rings (SSSR count). The summed E-state index contributed by atoms with van der Waals surface area (Å²) in [5.41, 5.74) is 0.980. The molecule has 16 heavy (non-hydrogen) atoms. The van der Waals surface area contributed by atoms with Crippen LogP contribution in [-0.2, 0) is 11.3 Å². The summed E-state index contributed by atoms with van der Waals surface area (Å²) in [5, 5.41) is 7.58. The standard InChI is InChI=1S/C10H14FN3O2/c1-2-16-10(15)8-9(7-3-4-7)14(6-5-11)13-12-8/h7H,2-6H2,1H3. The van der Waals surface area contributed by atoms with Gasteiger partial charge in [-0.2, -0.15) is 0 Å². The number of carbonyl (C=O) groups excluding carboxylic acids is 1. The second kappa shape index (κ2) is 4.59. The van der Waals surface area contributed by atoms with E-state index in [0.29, 0.717) is 12.5 Å². The maximum Gasteiger partial charge on any atom is 0.360 e. The summed E-state index contributed by atoms with van der Waals surface area (Å²) in [4.78, 5) is 11.6. The number of halogens is 1. The van der Waals surface area contributed by atoms with Crippen molar-refractivity contribution in [2.45, 2.75) is 32.2 Å². The zero-order chi connectivity index (χ0) is 11.5. The molecule has 1 fully saturated rings. The molecule has 88 valence electrons. The van der Waals surface area contributed by atoms with Gasteiger partial charge in [0.1, 0.15) is 6.67 Å². The summed E-state index contributed by atoms with van der Waals surface area (Å²) in [6.07, 6.45) is 2.01. The van der Waals surface area contributed by atoms with Crippen LogP contribution in [0.2, 0.25) is 0 Å².